The lowest BCUT2D eigenvalue weighted by atomic mass is 9.95. The monoisotopic (exact) mass is 582 g/mol. The van der Waals surface area contributed by atoms with Crippen molar-refractivity contribution >= 4 is 17.6 Å². The van der Waals surface area contributed by atoms with E-state index in [-0.39, 0.29) is 12.2 Å². The van der Waals surface area contributed by atoms with Crippen molar-refractivity contribution in [2.24, 2.45) is 0 Å². The summed E-state index contributed by atoms with van der Waals surface area (Å²) < 4.78 is 51.2. The van der Waals surface area contributed by atoms with Crippen LogP contribution in [-0.4, -0.2) is 40.8 Å². The van der Waals surface area contributed by atoms with Gasteiger partial charge in [0, 0.05) is 6.54 Å². The molecule has 2 heterocycles. The second-order valence-electron chi connectivity index (χ2n) is 10.9. The SMILES string of the molecule is C[C@@H](NC(=O)c1cncc(C2=CCOCC2)n1)c1ccc(-c2cc(C(F)(F)F)ccc2CNC(=O)OC(C)(C)C)cc1. The number of rotatable bonds is 7. The van der Waals surface area contributed by atoms with E-state index in [0.717, 1.165) is 23.3 Å². The van der Waals surface area contributed by atoms with Crippen molar-refractivity contribution in [2.75, 3.05) is 13.2 Å². The molecule has 3 aromatic rings. The van der Waals surface area contributed by atoms with Crippen LogP contribution in [0.4, 0.5) is 18.0 Å². The third-order valence-electron chi connectivity index (χ3n) is 6.49. The first-order valence-electron chi connectivity index (χ1n) is 13.5. The van der Waals surface area contributed by atoms with Crippen molar-refractivity contribution in [3.63, 3.8) is 0 Å². The van der Waals surface area contributed by atoms with Gasteiger partial charge in [0.25, 0.3) is 5.91 Å². The van der Waals surface area contributed by atoms with E-state index in [4.69, 9.17) is 9.47 Å². The Labute approximate surface area is 242 Å². The number of hydrogen-bond acceptors (Lipinski definition) is 6. The van der Waals surface area contributed by atoms with Gasteiger partial charge in [0.05, 0.1) is 42.9 Å². The highest BCUT2D eigenvalue weighted by molar-refractivity contribution is 5.92. The van der Waals surface area contributed by atoms with Crippen LogP contribution >= 0.6 is 0 Å². The normalized spacial score (nSPS) is 14.5. The molecular weight excluding hydrogens is 549 g/mol. The topological polar surface area (TPSA) is 102 Å². The molecule has 222 valence electrons. The molecule has 8 nitrogen and oxygen atoms in total. The third-order valence-corrected chi connectivity index (χ3v) is 6.49. The zero-order valence-electron chi connectivity index (χ0n) is 23.8. The van der Waals surface area contributed by atoms with Gasteiger partial charge in [0.1, 0.15) is 11.3 Å². The Kier molecular flexibility index (Phi) is 9.30. The number of nitrogens with one attached hydrogen (secondary N) is 2. The standard InChI is InChI=1S/C31H33F3N4O4/c1-19(37-28(39)27-18-35-17-26(38-27)22-11-13-41-14-12-22)20-5-7-21(8-6-20)25-15-24(31(32,33)34)10-9-23(25)16-36-29(40)42-30(2,3)4/h5-11,15,17-19H,12-14,16H2,1-4H3,(H,36,40)(H,37,39)/t19-/m1/s1. The van der Waals surface area contributed by atoms with Gasteiger partial charge in [0.15, 0.2) is 0 Å². The summed E-state index contributed by atoms with van der Waals surface area (Å²) in [5.41, 5.74) is 2.32. The van der Waals surface area contributed by atoms with Crippen LogP contribution in [0.15, 0.2) is 60.9 Å². The number of alkyl halides is 3. The van der Waals surface area contributed by atoms with E-state index < -0.39 is 35.4 Å². The summed E-state index contributed by atoms with van der Waals surface area (Å²) >= 11 is 0. The van der Waals surface area contributed by atoms with Crippen LogP contribution in [0.1, 0.15) is 73.0 Å². The fourth-order valence-corrected chi connectivity index (χ4v) is 4.35. The molecule has 0 unspecified atom stereocenters. The van der Waals surface area contributed by atoms with Gasteiger partial charge in [0.2, 0.25) is 0 Å². The average Bonchev–Trinajstić information content (AvgIpc) is 2.95. The van der Waals surface area contributed by atoms with Crippen molar-refractivity contribution in [1.29, 1.82) is 0 Å². The number of nitrogens with zero attached hydrogens (tertiary/aromatic N) is 2. The second-order valence-corrected chi connectivity index (χ2v) is 10.9. The highest BCUT2D eigenvalue weighted by Gasteiger charge is 2.31. The van der Waals surface area contributed by atoms with Crippen molar-refractivity contribution in [2.45, 2.75) is 58.5 Å². The molecule has 2 N–H and O–H groups in total. The first-order chi connectivity index (χ1) is 19.8. The Morgan fingerprint density at radius 1 is 1.07 bits per heavy atom. The minimum atomic E-state index is -4.54. The number of carbonyl (C=O) groups is 2. The van der Waals surface area contributed by atoms with Crippen LogP contribution < -0.4 is 10.6 Å². The Balaban J connectivity index is 1.50. The largest absolute Gasteiger partial charge is 0.444 e. The molecule has 1 aromatic heterocycles. The predicted molar refractivity (Wildman–Crippen MR) is 151 cm³/mol. The van der Waals surface area contributed by atoms with E-state index >= 15 is 0 Å². The summed E-state index contributed by atoms with van der Waals surface area (Å²) in [4.78, 5) is 33.7. The van der Waals surface area contributed by atoms with Crippen LogP contribution in [0.3, 0.4) is 0 Å². The quantitative estimate of drug-likeness (QED) is 0.331. The summed E-state index contributed by atoms with van der Waals surface area (Å²) in [5.74, 6) is -0.401. The summed E-state index contributed by atoms with van der Waals surface area (Å²) in [6, 6.07) is 9.81. The van der Waals surface area contributed by atoms with Gasteiger partial charge in [-0.05, 0) is 74.1 Å². The maximum Gasteiger partial charge on any atom is 0.416 e. The fraction of sp³-hybridized carbons (Fsp3) is 0.355. The molecule has 11 heteroatoms. The van der Waals surface area contributed by atoms with Crippen LogP contribution in [0.2, 0.25) is 0 Å². The van der Waals surface area contributed by atoms with Crippen LogP contribution in [0.25, 0.3) is 16.7 Å². The molecule has 0 aliphatic carbocycles. The zero-order valence-corrected chi connectivity index (χ0v) is 23.8. The van der Waals surface area contributed by atoms with Crippen LogP contribution in [-0.2, 0) is 22.2 Å². The van der Waals surface area contributed by atoms with Gasteiger partial charge in [-0.15, -0.1) is 0 Å². The van der Waals surface area contributed by atoms with Gasteiger partial charge in [-0.2, -0.15) is 13.2 Å². The van der Waals surface area contributed by atoms with Gasteiger partial charge in [-0.25, -0.2) is 9.78 Å². The average molecular weight is 583 g/mol. The molecule has 2 amide bonds. The molecule has 1 atom stereocenters. The molecule has 1 aliphatic rings. The van der Waals surface area contributed by atoms with Gasteiger partial charge in [-0.1, -0.05) is 36.4 Å². The first-order valence-corrected chi connectivity index (χ1v) is 13.5. The Morgan fingerprint density at radius 3 is 2.45 bits per heavy atom. The summed E-state index contributed by atoms with van der Waals surface area (Å²) in [7, 11) is 0. The first kappa shape index (κ1) is 30.7. The van der Waals surface area contributed by atoms with Gasteiger partial charge in [-0.3, -0.25) is 9.78 Å². The Morgan fingerprint density at radius 2 is 1.81 bits per heavy atom. The molecule has 0 spiro atoms. The molecule has 42 heavy (non-hydrogen) atoms. The fourth-order valence-electron chi connectivity index (χ4n) is 4.35. The number of alkyl carbamates (subject to hydrolysis) is 1. The minimum Gasteiger partial charge on any atom is -0.444 e. The van der Waals surface area contributed by atoms with Crippen molar-refractivity contribution in [1.82, 2.24) is 20.6 Å². The van der Waals surface area contributed by atoms with Crippen molar-refractivity contribution < 1.29 is 32.2 Å². The number of carbonyl (C=O) groups excluding carboxylic acids is 2. The lowest BCUT2D eigenvalue weighted by molar-refractivity contribution is -0.137. The van der Waals surface area contributed by atoms with Crippen LogP contribution in [0.5, 0.6) is 0 Å². The number of halogens is 3. The summed E-state index contributed by atoms with van der Waals surface area (Å²) in [5, 5.41) is 5.50. The molecule has 0 radical (unpaired) electrons. The number of benzene rings is 2. The van der Waals surface area contributed by atoms with E-state index in [1.54, 1.807) is 58.2 Å². The molecule has 4 rings (SSSR count). The van der Waals surface area contributed by atoms with E-state index in [2.05, 4.69) is 20.6 Å². The van der Waals surface area contributed by atoms with Crippen molar-refractivity contribution in [3.8, 4) is 11.1 Å². The molecule has 1 aliphatic heterocycles. The molecule has 0 saturated heterocycles. The third kappa shape index (κ3) is 8.16. The molecule has 2 aromatic carbocycles. The van der Waals surface area contributed by atoms with E-state index in [0.29, 0.717) is 42.0 Å². The minimum absolute atomic E-state index is 0.0272. The second kappa shape index (κ2) is 12.7. The van der Waals surface area contributed by atoms with E-state index in [1.165, 1.54) is 12.3 Å². The number of hydrogen-bond donors (Lipinski definition) is 2. The summed E-state index contributed by atoms with van der Waals surface area (Å²) in [6.45, 7) is 8.00. The Bertz CT molecular complexity index is 1460. The highest BCUT2D eigenvalue weighted by atomic mass is 19.4. The lowest BCUT2D eigenvalue weighted by Crippen LogP contribution is -2.32. The number of aromatic nitrogens is 2. The zero-order chi connectivity index (χ0) is 30.5. The van der Waals surface area contributed by atoms with Gasteiger partial charge < -0.3 is 20.1 Å². The van der Waals surface area contributed by atoms with E-state index in [1.807, 2.05) is 6.08 Å². The molecular formula is C31H33F3N4O4. The number of amides is 2. The highest BCUT2D eigenvalue weighted by Crippen LogP contribution is 2.34. The van der Waals surface area contributed by atoms with Crippen LogP contribution in [0, 0.1) is 0 Å². The lowest BCUT2D eigenvalue weighted by Gasteiger charge is -2.20. The Hall–Kier alpha value is -4.25. The smallest absolute Gasteiger partial charge is 0.416 e. The summed E-state index contributed by atoms with van der Waals surface area (Å²) in [6.07, 6.45) is 0.408. The van der Waals surface area contributed by atoms with Gasteiger partial charge >= 0.3 is 12.3 Å². The van der Waals surface area contributed by atoms with E-state index in [9.17, 15) is 22.8 Å². The molecule has 0 fully saturated rings. The number of ether oxygens (including phenoxy) is 2. The predicted octanol–water partition coefficient (Wildman–Crippen LogP) is 6.48. The van der Waals surface area contributed by atoms with Crippen molar-refractivity contribution in [3.05, 3.63) is 89.0 Å². The molecule has 0 saturated carbocycles. The molecule has 0 bridgehead atoms. The maximum absolute atomic E-state index is 13.5. The maximum atomic E-state index is 13.5.